The molecule has 19 heavy (non-hydrogen) atoms. The molecule has 6 nitrogen and oxygen atoms in total. The first-order valence-electron chi connectivity index (χ1n) is 6.21. The second kappa shape index (κ2) is 4.96. The lowest BCUT2D eigenvalue weighted by Crippen LogP contribution is -2.43. The Labute approximate surface area is 112 Å². The largest absolute Gasteiger partial charge is 0.351 e. The summed E-state index contributed by atoms with van der Waals surface area (Å²) < 4.78 is 27.7. The van der Waals surface area contributed by atoms with Gasteiger partial charge in [-0.3, -0.25) is 4.79 Å². The lowest BCUT2D eigenvalue weighted by molar-refractivity contribution is 0.0650. The van der Waals surface area contributed by atoms with Gasteiger partial charge in [-0.05, 0) is 26.7 Å². The highest BCUT2D eigenvalue weighted by Crippen LogP contribution is 2.30. The summed E-state index contributed by atoms with van der Waals surface area (Å²) in [5.74, 6) is -0.147. The van der Waals surface area contributed by atoms with Gasteiger partial charge in [-0.1, -0.05) is 5.16 Å². The highest BCUT2D eigenvalue weighted by atomic mass is 32.2. The normalized spacial score (nSPS) is 17.2. The third kappa shape index (κ3) is 3.56. The van der Waals surface area contributed by atoms with E-state index in [1.165, 1.54) is 6.26 Å². The van der Waals surface area contributed by atoms with Gasteiger partial charge in [0.15, 0.2) is 0 Å². The van der Waals surface area contributed by atoms with Gasteiger partial charge in [-0.15, -0.1) is 0 Å². The molecule has 0 bridgehead atoms. The Morgan fingerprint density at radius 3 is 2.63 bits per heavy atom. The van der Waals surface area contributed by atoms with Gasteiger partial charge in [-0.2, -0.15) is 0 Å². The average Bonchev–Trinajstić information content (AvgIpc) is 2.97. The van der Waals surface area contributed by atoms with E-state index in [1.54, 1.807) is 24.8 Å². The Kier molecular flexibility index (Phi) is 3.66. The number of carbonyl (C=O) groups is 1. The maximum absolute atomic E-state index is 12.4. The molecule has 1 aromatic rings. The maximum atomic E-state index is 12.4. The van der Waals surface area contributed by atoms with Crippen LogP contribution in [0.2, 0.25) is 0 Å². The van der Waals surface area contributed by atoms with Crippen molar-refractivity contribution in [3.63, 3.8) is 0 Å². The molecule has 7 heteroatoms. The number of aryl methyl sites for hydroxylation is 1. The number of rotatable bonds is 5. The lowest BCUT2D eigenvalue weighted by Gasteiger charge is -2.27. The maximum Gasteiger partial charge on any atom is 0.292 e. The van der Waals surface area contributed by atoms with Crippen LogP contribution < -0.4 is 0 Å². The molecule has 1 aliphatic rings. The molecule has 1 amide bonds. The molecule has 1 saturated carbocycles. The minimum absolute atomic E-state index is 0.0393. The number of sulfone groups is 1. The molecule has 0 aliphatic heterocycles. The molecular weight excluding hydrogens is 268 g/mol. The smallest absolute Gasteiger partial charge is 0.292 e. The minimum Gasteiger partial charge on any atom is -0.351 e. The van der Waals surface area contributed by atoms with Crippen LogP contribution in [0.1, 0.15) is 36.0 Å². The monoisotopic (exact) mass is 286 g/mol. The molecule has 0 radical (unpaired) electrons. The zero-order valence-corrected chi connectivity index (χ0v) is 12.1. The van der Waals surface area contributed by atoms with E-state index in [9.17, 15) is 13.2 Å². The van der Waals surface area contributed by atoms with E-state index in [1.807, 2.05) is 0 Å². The SMILES string of the molecule is Cc1cc(C(=O)N(C(C)CS(C)(=O)=O)C2CC2)on1. The van der Waals surface area contributed by atoms with Crippen LogP contribution in [0.5, 0.6) is 0 Å². The molecule has 1 aromatic heterocycles. The number of hydrogen-bond acceptors (Lipinski definition) is 5. The summed E-state index contributed by atoms with van der Waals surface area (Å²) in [6.45, 7) is 3.49. The van der Waals surface area contributed by atoms with Crippen LogP contribution in [0.4, 0.5) is 0 Å². The number of hydrogen-bond donors (Lipinski definition) is 0. The van der Waals surface area contributed by atoms with Gasteiger partial charge in [0, 0.05) is 24.4 Å². The fourth-order valence-corrected chi connectivity index (χ4v) is 3.23. The Morgan fingerprint density at radius 2 is 2.21 bits per heavy atom. The molecule has 0 spiro atoms. The number of carbonyl (C=O) groups excluding carboxylic acids is 1. The van der Waals surface area contributed by atoms with Crippen molar-refractivity contribution >= 4 is 15.7 Å². The predicted octanol–water partition coefficient (Wildman–Crippen LogP) is 1.02. The fourth-order valence-electron chi connectivity index (χ4n) is 2.19. The third-order valence-electron chi connectivity index (χ3n) is 3.03. The van der Waals surface area contributed by atoms with Gasteiger partial charge in [0.2, 0.25) is 5.76 Å². The summed E-state index contributed by atoms with van der Waals surface area (Å²) >= 11 is 0. The van der Waals surface area contributed by atoms with Crippen molar-refractivity contribution in [2.45, 2.75) is 38.8 Å². The summed E-state index contributed by atoms with van der Waals surface area (Å²) in [5.41, 5.74) is 0.634. The van der Waals surface area contributed by atoms with Crippen molar-refractivity contribution in [1.82, 2.24) is 10.1 Å². The van der Waals surface area contributed by atoms with Crippen molar-refractivity contribution in [2.24, 2.45) is 0 Å². The van der Waals surface area contributed by atoms with Gasteiger partial charge < -0.3 is 9.42 Å². The van der Waals surface area contributed by atoms with Crippen molar-refractivity contribution in [2.75, 3.05) is 12.0 Å². The standard InChI is InChI=1S/C12H18N2O4S/c1-8-6-11(18-13-8)12(15)14(10-4-5-10)9(2)7-19(3,16)17/h6,9-10H,4-5,7H2,1-3H3. The highest BCUT2D eigenvalue weighted by Gasteiger charge is 2.38. The summed E-state index contributed by atoms with van der Waals surface area (Å²) in [6.07, 6.45) is 3.00. The zero-order valence-electron chi connectivity index (χ0n) is 11.3. The summed E-state index contributed by atoms with van der Waals surface area (Å²) in [4.78, 5) is 14.0. The fraction of sp³-hybridized carbons (Fsp3) is 0.667. The van der Waals surface area contributed by atoms with E-state index in [4.69, 9.17) is 4.52 Å². The number of amides is 1. The Morgan fingerprint density at radius 1 is 1.58 bits per heavy atom. The van der Waals surface area contributed by atoms with Crippen molar-refractivity contribution in [3.05, 3.63) is 17.5 Å². The molecule has 0 aromatic carbocycles. The molecule has 1 atom stereocenters. The van der Waals surface area contributed by atoms with E-state index >= 15 is 0 Å². The number of nitrogens with zero attached hydrogens (tertiary/aromatic N) is 2. The molecule has 1 fully saturated rings. The molecule has 2 rings (SSSR count). The van der Waals surface area contributed by atoms with E-state index in [2.05, 4.69) is 5.16 Å². The third-order valence-corrected chi connectivity index (χ3v) is 4.12. The van der Waals surface area contributed by atoms with Gasteiger partial charge in [0.1, 0.15) is 9.84 Å². The molecular formula is C12H18N2O4S. The van der Waals surface area contributed by atoms with E-state index < -0.39 is 9.84 Å². The second-order valence-electron chi connectivity index (χ2n) is 5.22. The van der Waals surface area contributed by atoms with Gasteiger partial charge in [-0.25, -0.2) is 8.42 Å². The lowest BCUT2D eigenvalue weighted by atomic mass is 10.2. The minimum atomic E-state index is -3.12. The van der Waals surface area contributed by atoms with Gasteiger partial charge >= 0.3 is 0 Å². The van der Waals surface area contributed by atoms with Crippen LogP contribution in [0, 0.1) is 6.92 Å². The molecule has 1 unspecified atom stereocenters. The second-order valence-corrected chi connectivity index (χ2v) is 7.40. The van der Waals surface area contributed by atoms with Crippen LogP contribution in [0.25, 0.3) is 0 Å². The van der Waals surface area contributed by atoms with Crippen LogP contribution in [-0.4, -0.2) is 48.5 Å². The number of aromatic nitrogens is 1. The van der Waals surface area contributed by atoms with Crippen molar-refractivity contribution in [1.29, 1.82) is 0 Å². The Bertz CT molecular complexity index is 574. The quantitative estimate of drug-likeness (QED) is 0.807. The summed E-state index contributed by atoms with van der Waals surface area (Å²) in [5, 5.41) is 3.69. The van der Waals surface area contributed by atoms with Crippen LogP contribution in [0.15, 0.2) is 10.6 Å². The average molecular weight is 286 g/mol. The van der Waals surface area contributed by atoms with Crippen molar-refractivity contribution < 1.29 is 17.7 Å². The van der Waals surface area contributed by atoms with Crippen LogP contribution >= 0.6 is 0 Å². The zero-order chi connectivity index (χ0) is 14.2. The van der Waals surface area contributed by atoms with Gasteiger partial charge in [0.25, 0.3) is 5.91 Å². The molecule has 1 heterocycles. The first-order valence-corrected chi connectivity index (χ1v) is 8.27. The Balaban J connectivity index is 2.18. The first kappa shape index (κ1) is 14.0. The van der Waals surface area contributed by atoms with Crippen LogP contribution in [0.3, 0.4) is 0 Å². The van der Waals surface area contributed by atoms with E-state index in [0.29, 0.717) is 5.69 Å². The molecule has 1 aliphatic carbocycles. The molecule has 0 saturated heterocycles. The Hall–Kier alpha value is -1.37. The topological polar surface area (TPSA) is 80.5 Å². The van der Waals surface area contributed by atoms with Crippen LogP contribution in [-0.2, 0) is 9.84 Å². The highest BCUT2D eigenvalue weighted by molar-refractivity contribution is 7.90. The summed E-state index contributed by atoms with van der Waals surface area (Å²) in [6, 6.07) is 1.33. The first-order chi connectivity index (χ1) is 8.78. The molecule has 0 N–H and O–H groups in total. The predicted molar refractivity (Wildman–Crippen MR) is 69.6 cm³/mol. The molecule has 106 valence electrons. The van der Waals surface area contributed by atoms with E-state index in [-0.39, 0.29) is 29.5 Å². The van der Waals surface area contributed by atoms with Gasteiger partial charge in [0.05, 0.1) is 11.4 Å². The van der Waals surface area contributed by atoms with Crippen molar-refractivity contribution in [3.8, 4) is 0 Å². The summed E-state index contributed by atoms with van der Waals surface area (Å²) in [7, 11) is -3.12. The van der Waals surface area contributed by atoms with E-state index in [0.717, 1.165) is 12.8 Å².